The summed E-state index contributed by atoms with van der Waals surface area (Å²) in [6, 6.07) is 12.2. The molecule has 1 aliphatic heterocycles. The molecular formula is C22H22ClFN4O3S. The highest BCUT2D eigenvalue weighted by Gasteiger charge is 2.29. The lowest BCUT2D eigenvalue weighted by atomic mass is 10.2. The zero-order chi connectivity index (χ0) is 22.7. The summed E-state index contributed by atoms with van der Waals surface area (Å²) in [6.45, 7) is 1.59. The van der Waals surface area contributed by atoms with Crippen molar-refractivity contribution in [3.05, 3.63) is 82.9 Å². The van der Waals surface area contributed by atoms with Crippen LogP contribution in [0.4, 0.5) is 4.39 Å². The SMILES string of the molecule is O=C(c1cnn(Cc2ccccc2Cl)c1)N1CCCN(S(=O)(=O)c2ccc(F)cc2)CC1. The molecule has 2 heterocycles. The van der Waals surface area contributed by atoms with Gasteiger partial charge in [0.25, 0.3) is 5.91 Å². The van der Waals surface area contributed by atoms with Crippen LogP contribution in [-0.2, 0) is 16.6 Å². The first-order valence-corrected chi connectivity index (χ1v) is 12.0. The van der Waals surface area contributed by atoms with Gasteiger partial charge in [0.05, 0.1) is 23.2 Å². The molecule has 4 rings (SSSR count). The highest BCUT2D eigenvalue weighted by molar-refractivity contribution is 7.89. The van der Waals surface area contributed by atoms with Crippen LogP contribution in [0.1, 0.15) is 22.3 Å². The van der Waals surface area contributed by atoms with Gasteiger partial charge in [-0.1, -0.05) is 29.8 Å². The molecule has 1 saturated heterocycles. The van der Waals surface area contributed by atoms with Crippen LogP contribution in [0, 0.1) is 5.82 Å². The van der Waals surface area contributed by atoms with Crippen molar-refractivity contribution in [2.24, 2.45) is 0 Å². The zero-order valence-electron chi connectivity index (χ0n) is 17.2. The van der Waals surface area contributed by atoms with E-state index in [0.29, 0.717) is 30.1 Å². The van der Waals surface area contributed by atoms with Crippen LogP contribution in [0.25, 0.3) is 0 Å². The van der Waals surface area contributed by atoms with Gasteiger partial charge >= 0.3 is 0 Å². The summed E-state index contributed by atoms with van der Waals surface area (Å²) in [5.41, 5.74) is 1.33. The van der Waals surface area contributed by atoms with E-state index in [1.54, 1.807) is 21.8 Å². The third kappa shape index (κ3) is 4.85. The molecule has 32 heavy (non-hydrogen) atoms. The molecule has 3 aromatic rings. The number of halogens is 2. The van der Waals surface area contributed by atoms with Crippen molar-refractivity contribution >= 4 is 27.5 Å². The zero-order valence-corrected chi connectivity index (χ0v) is 18.8. The van der Waals surface area contributed by atoms with Crippen LogP contribution >= 0.6 is 11.6 Å². The van der Waals surface area contributed by atoms with Crippen molar-refractivity contribution in [1.29, 1.82) is 0 Å². The van der Waals surface area contributed by atoms with E-state index in [1.165, 1.54) is 22.6 Å². The van der Waals surface area contributed by atoms with Crippen LogP contribution in [0.5, 0.6) is 0 Å². The predicted octanol–water partition coefficient (Wildman–Crippen LogP) is 3.26. The Hall–Kier alpha value is -2.75. The highest BCUT2D eigenvalue weighted by Crippen LogP contribution is 2.20. The van der Waals surface area contributed by atoms with E-state index >= 15 is 0 Å². The third-order valence-electron chi connectivity index (χ3n) is 5.36. The second kappa shape index (κ2) is 9.40. The van der Waals surface area contributed by atoms with Crippen LogP contribution in [-0.4, -0.2) is 59.5 Å². The van der Waals surface area contributed by atoms with Gasteiger partial charge in [-0.2, -0.15) is 9.40 Å². The normalized spacial score (nSPS) is 15.5. The molecule has 168 valence electrons. The largest absolute Gasteiger partial charge is 0.337 e. The highest BCUT2D eigenvalue weighted by atomic mass is 35.5. The van der Waals surface area contributed by atoms with Crippen LogP contribution in [0.15, 0.2) is 65.8 Å². The number of sulfonamides is 1. The molecule has 1 fully saturated rings. The Morgan fingerprint density at radius 1 is 1.03 bits per heavy atom. The van der Waals surface area contributed by atoms with Gasteiger partial charge in [0.15, 0.2) is 0 Å². The molecule has 0 aliphatic carbocycles. The van der Waals surface area contributed by atoms with Gasteiger partial charge in [-0.05, 0) is 42.3 Å². The monoisotopic (exact) mass is 476 g/mol. The van der Waals surface area contributed by atoms with E-state index in [1.807, 2.05) is 18.2 Å². The molecule has 0 bridgehead atoms. The maximum absolute atomic E-state index is 13.2. The van der Waals surface area contributed by atoms with Gasteiger partial charge in [-0.3, -0.25) is 9.48 Å². The molecule has 0 unspecified atom stereocenters. The fourth-order valence-electron chi connectivity index (χ4n) is 3.64. The van der Waals surface area contributed by atoms with Crippen molar-refractivity contribution in [1.82, 2.24) is 19.0 Å². The van der Waals surface area contributed by atoms with Gasteiger partial charge in [-0.15, -0.1) is 0 Å². The molecule has 10 heteroatoms. The molecule has 0 atom stereocenters. The van der Waals surface area contributed by atoms with E-state index in [4.69, 9.17) is 11.6 Å². The van der Waals surface area contributed by atoms with Gasteiger partial charge in [0.1, 0.15) is 5.82 Å². The number of amides is 1. The average molecular weight is 477 g/mol. The summed E-state index contributed by atoms with van der Waals surface area (Å²) < 4.78 is 41.9. The molecule has 0 radical (unpaired) electrons. The van der Waals surface area contributed by atoms with Crippen LogP contribution < -0.4 is 0 Å². The molecule has 7 nitrogen and oxygen atoms in total. The van der Waals surface area contributed by atoms with Gasteiger partial charge in [0.2, 0.25) is 10.0 Å². The number of carbonyl (C=O) groups is 1. The Bertz CT molecular complexity index is 1210. The van der Waals surface area contributed by atoms with E-state index in [2.05, 4.69) is 5.10 Å². The predicted molar refractivity (Wildman–Crippen MR) is 118 cm³/mol. The summed E-state index contributed by atoms with van der Waals surface area (Å²) in [5.74, 6) is -0.692. The first-order valence-electron chi connectivity index (χ1n) is 10.2. The first kappa shape index (κ1) is 22.4. The lowest BCUT2D eigenvalue weighted by Gasteiger charge is -2.21. The molecule has 1 aliphatic rings. The van der Waals surface area contributed by atoms with E-state index in [9.17, 15) is 17.6 Å². The number of benzene rings is 2. The second-order valence-electron chi connectivity index (χ2n) is 7.52. The third-order valence-corrected chi connectivity index (χ3v) is 7.65. The molecule has 0 N–H and O–H groups in total. The minimum absolute atomic E-state index is 0.0412. The van der Waals surface area contributed by atoms with E-state index < -0.39 is 15.8 Å². The van der Waals surface area contributed by atoms with Gasteiger partial charge in [-0.25, -0.2) is 12.8 Å². The molecule has 1 amide bonds. The van der Waals surface area contributed by atoms with Crippen molar-refractivity contribution in [2.75, 3.05) is 26.2 Å². The van der Waals surface area contributed by atoms with E-state index in [-0.39, 0.29) is 30.4 Å². The number of carbonyl (C=O) groups excluding carboxylic acids is 1. The Morgan fingerprint density at radius 2 is 1.78 bits per heavy atom. The van der Waals surface area contributed by atoms with Gasteiger partial charge < -0.3 is 4.90 Å². The second-order valence-corrected chi connectivity index (χ2v) is 9.87. The summed E-state index contributed by atoms with van der Waals surface area (Å²) in [6.07, 6.45) is 3.68. The minimum atomic E-state index is -3.75. The first-order chi connectivity index (χ1) is 15.3. The van der Waals surface area contributed by atoms with E-state index in [0.717, 1.165) is 17.7 Å². The molecule has 1 aromatic heterocycles. The fraction of sp³-hybridized carbons (Fsp3) is 0.273. The smallest absolute Gasteiger partial charge is 0.257 e. The summed E-state index contributed by atoms with van der Waals surface area (Å²) in [7, 11) is -3.75. The van der Waals surface area contributed by atoms with Gasteiger partial charge in [0, 0.05) is 37.4 Å². The van der Waals surface area contributed by atoms with Crippen molar-refractivity contribution in [3.63, 3.8) is 0 Å². The number of hydrogen-bond donors (Lipinski definition) is 0. The standard InChI is InChI=1S/C22H22ClFN4O3S/c23-21-5-2-1-4-17(21)15-27-16-18(14-25-27)22(29)26-10-3-11-28(13-12-26)32(30,31)20-8-6-19(24)7-9-20/h1-2,4-9,14,16H,3,10-13,15H2. The fourth-order valence-corrected chi connectivity index (χ4v) is 5.30. The lowest BCUT2D eigenvalue weighted by Crippen LogP contribution is -2.37. The Kier molecular flexibility index (Phi) is 6.59. The topological polar surface area (TPSA) is 75.5 Å². The number of nitrogens with zero attached hydrogens (tertiary/aromatic N) is 4. The molecule has 2 aromatic carbocycles. The Morgan fingerprint density at radius 3 is 2.53 bits per heavy atom. The summed E-state index contributed by atoms with van der Waals surface area (Å²) in [4.78, 5) is 14.7. The van der Waals surface area contributed by atoms with Crippen LogP contribution in [0.2, 0.25) is 5.02 Å². The average Bonchev–Trinajstić information content (AvgIpc) is 3.09. The maximum atomic E-state index is 13.2. The number of hydrogen-bond acceptors (Lipinski definition) is 4. The maximum Gasteiger partial charge on any atom is 0.257 e. The van der Waals surface area contributed by atoms with Crippen molar-refractivity contribution in [3.8, 4) is 0 Å². The molecule has 0 saturated carbocycles. The summed E-state index contributed by atoms with van der Waals surface area (Å²) in [5, 5.41) is 4.90. The lowest BCUT2D eigenvalue weighted by molar-refractivity contribution is 0.0764. The van der Waals surface area contributed by atoms with Crippen LogP contribution in [0.3, 0.4) is 0 Å². The van der Waals surface area contributed by atoms with Crippen molar-refractivity contribution in [2.45, 2.75) is 17.9 Å². The molecular weight excluding hydrogens is 455 g/mol. The summed E-state index contributed by atoms with van der Waals surface area (Å²) >= 11 is 6.20. The quantitative estimate of drug-likeness (QED) is 0.566. The number of rotatable bonds is 5. The Labute approximate surface area is 191 Å². The molecule has 0 spiro atoms. The van der Waals surface area contributed by atoms with Crippen molar-refractivity contribution < 1.29 is 17.6 Å². The number of aromatic nitrogens is 2. The minimum Gasteiger partial charge on any atom is -0.337 e. The Balaban J connectivity index is 1.42.